The van der Waals surface area contributed by atoms with E-state index in [1.54, 1.807) is 0 Å². The van der Waals surface area contributed by atoms with Crippen molar-refractivity contribution in [2.24, 2.45) is 0 Å². The first-order valence-corrected chi connectivity index (χ1v) is 6.03. The molecule has 0 aliphatic heterocycles. The molecule has 0 saturated heterocycles. The smallest absolute Gasteiger partial charge is 0.163 e. The SMILES string of the molecule is CC(=O)c1cc(F)ccc1Oc1cc(C)ccc1C. The number of carbonyl (C=O) groups excluding carboxylic acids is 1. The number of ketones is 1. The highest BCUT2D eigenvalue weighted by Gasteiger charge is 2.12. The molecule has 0 bridgehead atoms. The van der Waals surface area contributed by atoms with Gasteiger partial charge in [0.25, 0.3) is 0 Å². The van der Waals surface area contributed by atoms with Crippen LogP contribution in [-0.4, -0.2) is 5.78 Å². The lowest BCUT2D eigenvalue weighted by molar-refractivity contribution is 0.101. The van der Waals surface area contributed by atoms with Crippen molar-refractivity contribution in [3.8, 4) is 11.5 Å². The van der Waals surface area contributed by atoms with Gasteiger partial charge in [-0.05, 0) is 56.2 Å². The first kappa shape index (κ1) is 13.3. The maximum Gasteiger partial charge on any atom is 0.163 e. The molecule has 0 saturated carbocycles. The van der Waals surface area contributed by atoms with Gasteiger partial charge in [-0.3, -0.25) is 4.79 Å². The summed E-state index contributed by atoms with van der Waals surface area (Å²) in [4.78, 5) is 11.5. The minimum atomic E-state index is -0.446. The number of aryl methyl sites for hydroxylation is 2. The third-order valence-electron chi connectivity index (χ3n) is 2.88. The molecule has 2 aromatic rings. The average molecular weight is 258 g/mol. The van der Waals surface area contributed by atoms with Gasteiger partial charge in [-0.15, -0.1) is 0 Å². The largest absolute Gasteiger partial charge is 0.456 e. The van der Waals surface area contributed by atoms with Crippen LogP contribution in [0.25, 0.3) is 0 Å². The van der Waals surface area contributed by atoms with Crippen molar-refractivity contribution in [3.63, 3.8) is 0 Å². The Morgan fingerprint density at radius 1 is 1.05 bits per heavy atom. The van der Waals surface area contributed by atoms with Crippen LogP contribution in [0.4, 0.5) is 4.39 Å². The molecule has 0 aliphatic rings. The number of carbonyl (C=O) groups is 1. The Morgan fingerprint density at radius 3 is 2.47 bits per heavy atom. The second kappa shape index (κ2) is 5.22. The lowest BCUT2D eigenvalue weighted by Gasteiger charge is -2.12. The second-order valence-electron chi connectivity index (χ2n) is 4.57. The molecule has 2 aromatic carbocycles. The van der Waals surface area contributed by atoms with Gasteiger partial charge in [-0.1, -0.05) is 12.1 Å². The van der Waals surface area contributed by atoms with Crippen molar-refractivity contribution in [1.29, 1.82) is 0 Å². The Balaban J connectivity index is 2.43. The molecular weight excluding hydrogens is 243 g/mol. The van der Waals surface area contributed by atoms with Crippen LogP contribution in [0.3, 0.4) is 0 Å². The van der Waals surface area contributed by atoms with E-state index in [1.807, 2.05) is 32.0 Å². The molecule has 0 radical (unpaired) electrons. The van der Waals surface area contributed by atoms with Crippen molar-refractivity contribution in [2.75, 3.05) is 0 Å². The number of rotatable bonds is 3. The van der Waals surface area contributed by atoms with Gasteiger partial charge < -0.3 is 4.74 Å². The normalized spacial score (nSPS) is 10.3. The molecule has 0 heterocycles. The van der Waals surface area contributed by atoms with E-state index in [-0.39, 0.29) is 11.3 Å². The summed E-state index contributed by atoms with van der Waals surface area (Å²) in [7, 11) is 0. The third-order valence-corrected chi connectivity index (χ3v) is 2.88. The zero-order valence-corrected chi connectivity index (χ0v) is 11.2. The van der Waals surface area contributed by atoms with Gasteiger partial charge >= 0.3 is 0 Å². The Hall–Kier alpha value is -2.16. The van der Waals surface area contributed by atoms with E-state index in [9.17, 15) is 9.18 Å². The average Bonchev–Trinajstić information content (AvgIpc) is 2.35. The van der Waals surface area contributed by atoms with Crippen LogP contribution in [0.5, 0.6) is 11.5 Å². The standard InChI is InChI=1S/C16H15FO2/c1-10-4-5-11(2)16(8-10)19-15-7-6-13(17)9-14(15)12(3)18/h4-9H,1-3H3. The number of benzene rings is 2. The van der Waals surface area contributed by atoms with Gasteiger partial charge in [0.15, 0.2) is 5.78 Å². The topological polar surface area (TPSA) is 26.3 Å². The molecule has 0 aliphatic carbocycles. The highest BCUT2D eigenvalue weighted by Crippen LogP contribution is 2.29. The second-order valence-corrected chi connectivity index (χ2v) is 4.57. The molecular formula is C16H15FO2. The maximum absolute atomic E-state index is 13.2. The van der Waals surface area contributed by atoms with Crippen molar-refractivity contribution in [3.05, 3.63) is 58.9 Å². The van der Waals surface area contributed by atoms with Crippen LogP contribution in [0.2, 0.25) is 0 Å². The van der Waals surface area contributed by atoms with E-state index >= 15 is 0 Å². The summed E-state index contributed by atoms with van der Waals surface area (Å²) in [6.45, 7) is 5.28. The summed E-state index contributed by atoms with van der Waals surface area (Å²) < 4.78 is 18.9. The molecule has 2 rings (SSSR count). The van der Waals surface area contributed by atoms with E-state index in [4.69, 9.17) is 4.74 Å². The molecule has 2 nitrogen and oxygen atoms in total. The molecule has 0 fully saturated rings. The van der Waals surface area contributed by atoms with Gasteiger partial charge in [-0.2, -0.15) is 0 Å². The van der Waals surface area contributed by atoms with Gasteiger partial charge in [0.1, 0.15) is 17.3 Å². The van der Waals surface area contributed by atoms with Crippen LogP contribution in [-0.2, 0) is 0 Å². The predicted molar refractivity (Wildman–Crippen MR) is 72.4 cm³/mol. The van der Waals surface area contributed by atoms with Crippen LogP contribution >= 0.6 is 0 Å². The summed E-state index contributed by atoms with van der Waals surface area (Å²) in [5.74, 6) is 0.384. The monoisotopic (exact) mass is 258 g/mol. The number of hydrogen-bond donors (Lipinski definition) is 0. The summed E-state index contributed by atoms with van der Waals surface area (Å²) in [5.41, 5.74) is 2.28. The zero-order chi connectivity index (χ0) is 14.0. The molecule has 0 unspecified atom stereocenters. The highest BCUT2D eigenvalue weighted by atomic mass is 19.1. The van der Waals surface area contributed by atoms with Crippen LogP contribution in [0, 0.1) is 19.7 Å². The molecule has 0 atom stereocenters. The quantitative estimate of drug-likeness (QED) is 0.761. The van der Waals surface area contributed by atoms with Gasteiger partial charge in [0.05, 0.1) is 5.56 Å². The van der Waals surface area contributed by atoms with E-state index in [0.717, 1.165) is 11.1 Å². The van der Waals surface area contributed by atoms with E-state index in [1.165, 1.54) is 25.1 Å². The minimum Gasteiger partial charge on any atom is -0.456 e. The van der Waals surface area contributed by atoms with Crippen LogP contribution in [0.15, 0.2) is 36.4 Å². The first-order chi connectivity index (χ1) is 8.97. The van der Waals surface area contributed by atoms with Crippen molar-refractivity contribution in [1.82, 2.24) is 0 Å². The Kier molecular flexibility index (Phi) is 3.65. The molecule has 98 valence electrons. The van der Waals surface area contributed by atoms with E-state index < -0.39 is 5.82 Å². The molecule has 0 N–H and O–H groups in total. The number of halogens is 1. The summed E-state index contributed by atoms with van der Waals surface area (Å²) >= 11 is 0. The molecule has 0 aromatic heterocycles. The number of ether oxygens (including phenoxy) is 1. The fourth-order valence-corrected chi connectivity index (χ4v) is 1.80. The highest BCUT2D eigenvalue weighted by molar-refractivity contribution is 5.96. The maximum atomic E-state index is 13.2. The van der Waals surface area contributed by atoms with Crippen LogP contribution in [0.1, 0.15) is 28.4 Å². The van der Waals surface area contributed by atoms with E-state index in [0.29, 0.717) is 11.5 Å². The molecule has 0 spiro atoms. The molecule has 19 heavy (non-hydrogen) atoms. The van der Waals surface area contributed by atoms with Gasteiger partial charge in [0.2, 0.25) is 0 Å². The van der Waals surface area contributed by atoms with Gasteiger partial charge in [0, 0.05) is 0 Å². The predicted octanol–water partition coefficient (Wildman–Crippen LogP) is 4.44. The molecule has 3 heteroatoms. The first-order valence-electron chi connectivity index (χ1n) is 6.03. The van der Waals surface area contributed by atoms with Crippen molar-refractivity contribution >= 4 is 5.78 Å². The Labute approximate surface area is 111 Å². The lowest BCUT2D eigenvalue weighted by Crippen LogP contribution is -1.99. The number of Topliss-reactive ketones (excluding diaryl/α,β-unsaturated/α-hetero) is 1. The van der Waals surface area contributed by atoms with Crippen LogP contribution < -0.4 is 4.74 Å². The van der Waals surface area contributed by atoms with Gasteiger partial charge in [-0.25, -0.2) is 4.39 Å². The van der Waals surface area contributed by atoms with Crippen molar-refractivity contribution in [2.45, 2.75) is 20.8 Å². The molecule has 0 amide bonds. The fourth-order valence-electron chi connectivity index (χ4n) is 1.80. The fraction of sp³-hybridized carbons (Fsp3) is 0.188. The lowest BCUT2D eigenvalue weighted by atomic mass is 10.1. The summed E-state index contributed by atoms with van der Waals surface area (Å²) in [5, 5.41) is 0. The Morgan fingerprint density at radius 2 is 1.79 bits per heavy atom. The zero-order valence-electron chi connectivity index (χ0n) is 11.2. The number of hydrogen-bond acceptors (Lipinski definition) is 2. The third kappa shape index (κ3) is 2.99. The van der Waals surface area contributed by atoms with Crippen molar-refractivity contribution < 1.29 is 13.9 Å². The summed E-state index contributed by atoms with van der Waals surface area (Å²) in [6, 6.07) is 9.78. The Bertz CT molecular complexity index is 633. The van der Waals surface area contributed by atoms with E-state index in [2.05, 4.69) is 0 Å². The summed E-state index contributed by atoms with van der Waals surface area (Å²) in [6.07, 6.45) is 0. The minimum absolute atomic E-state index is 0.222.